The SMILES string of the molecule is CCC(CC)N(CCO)C(=O)C1CCCCC1C(=O)O. The number of nitrogens with zero attached hydrogens (tertiary/aromatic N) is 1. The minimum atomic E-state index is -0.864. The van der Waals surface area contributed by atoms with Crippen molar-refractivity contribution in [3.05, 3.63) is 0 Å². The highest BCUT2D eigenvalue weighted by atomic mass is 16.4. The van der Waals surface area contributed by atoms with Crippen molar-refractivity contribution in [1.82, 2.24) is 4.90 Å². The molecule has 2 unspecified atom stereocenters. The zero-order valence-corrected chi connectivity index (χ0v) is 12.5. The van der Waals surface area contributed by atoms with E-state index in [1.807, 2.05) is 13.8 Å². The van der Waals surface area contributed by atoms with Gasteiger partial charge in [0.1, 0.15) is 0 Å². The number of amides is 1. The maximum absolute atomic E-state index is 12.7. The molecule has 2 atom stereocenters. The molecule has 20 heavy (non-hydrogen) atoms. The summed E-state index contributed by atoms with van der Waals surface area (Å²) in [4.78, 5) is 25.8. The molecule has 0 aromatic heterocycles. The Balaban J connectivity index is 2.88. The molecule has 0 aliphatic heterocycles. The van der Waals surface area contributed by atoms with Crippen molar-refractivity contribution in [3.8, 4) is 0 Å². The van der Waals surface area contributed by atoms with Crippen LogP contribution < -0.4 is 0 Å². The minimum Gasteiger partial charge on any atom is -0.481 e. The molecule has 0 saturated heterocycles. The van der Waals surface area contributed by atoms with Crippen molar-refractivity contribution in [3.63, 3.8) is 0 Å². The summed E-state index contributed by atoms with van der Waals surface area (Å²) in [5.41, 5.74) is 0. The van der Waals surface area contributed by atoms with E-state index in [-0.39, 0.29) is 18.6 Å². The third kappa shape index (κ3) is 3.95. The Labute approximate surface area is 121 Å². The number of aliphatic hydroxyl groups is 1. The van der Waals surface area contributed by atoms with E-state index >= 15 is 0 Å². The van der Waals surface area contributed by atoms with E-state index in [0.717, 1.165) is 25.7 Å². The van der Waals surface area contributed by atoms with Crippen molar-refractivity contribution >= 4 is 11.9 Å². The van der Waals surface area contributed by atoms with Gasteiger partial charge in [-0.05, 0) is 25.7 Å². The van der Waals surface area contributed by atoms with Crippen LogP contribution in [0, 0.1) is 11.8 Å². The van der Waals surface area contributed by atoms with Gasteiger partial charge in [0.15, 0.2) is 0 Å². The quantitative estimate of drug-likeness (QED) is 0.748. The molecular formula is C15H27NO4. The number of aliphatic carboxylic acids is 1. The van der Waals surface area contributed by atoms with Gasteiger partial charge in [0, 0.05) is 12.6 Å². The van der Waals surface area contributed by atoms with Gasteiger partial charge in [0.05, 0.1) is 18.4 Å². The number of carbonyl (C=O) groups is 2. The zero-order valence-electron chi connectivity index (χ0n) is 12.5. The Bertz CT molecular complexity index is 328. The summed E-state index contributed by atoms with van der Waals surface area (Å²) in [5, 5.41) is 18.5. The molecular weight excluding hydrogens is 258 g/mol. The molecule has 1 aliphatic carbocycles. The maximum Gasteiger partial charge on any atom is 0.307 e. The molecule has 116 valence electrons. The van der Waals surface area contributed by atoms with E-state index < -0.39 is 17.8 Å². The van der Waals surface area contributed by atoms with Crippen LogP contribution in [0.25, 0.3) is 0 Å². The summed E-state index contributed by atoms with van der Waals surface area (Å²) >= 11 is 0. The lowest BCUT2D eigenvalue weighted by Gasteiger charge is -2.36. The van der Waals surface area contributed by atoms with Gasteiger partial charge in [-0.25, -0.2) is 0 Å². The lowest BCUT2D eigenvalue weighted by atomic mass is 9.78. The van der Waals surface area contributed by atoms with Crippen molar-refractivity contribution in [1.29, 1.82) is 0 Å². The van der Waals surface area contributed by atoms with E-state index in [0.29, 0.717) is 19.4 Å². The fourth-order valence-electron chi connectivity index (χ4n) is 3.24. The lowest BCUT2D eigenvalue weighted by molar-refractivity contribution is -0.153. The molecule has 1 rings (SSSR count). The minimum absolute atomic E-state index is 0.0767. The van der Waals surface area contributed by atoms with Crippen LogP contribution in [-0.4, -0.2) is 46.2 Å². The van der Waals surface area contributed by atoms with Gasteiger partial charge in [-0.2, -0.15) is 0 Å². The molecule has 5 nitrogen and oxygen atoms in total. The first-order chi connectivity index (χ1) is 9.56. The normalized spacial score (nSPS) is 22.8. The Kier molecular flexibility index (Phi) is 6.99. The average Bonchev–Trinajstić information content (AvgIpc) is 2.46. The van der Waals surface area contributed by atoms with Gasteiger partial charge in [-0.3, -0.25) is 9.59 Å². The monoisotopic (exact) mass is 285 g/mol. The number of carbonyl (C=O) groups excluding carboxylic acids is 1. The second-order valence-electron chi connectivity index (χ2n) is 5.56. The summed E-state index contributed by atoms with van der Waals surface area (Å²) in [7, 11) is 0. The van der Waals surface area contributed by atoms with Gasteiger partial charge in [0.2, 0.25) is 5.91 Å². The van der Waals surface area contributed by atoms with Crippen LogP contribution in [0.15, 0.2) is 0 Å². The molecule has 0 heterocycles. The summed E-state index contributed by atoms with van der Waals surface area (Å²) < 4.78 is 0. The van der Waals surface area contributed by atoms with Gasteiger partial charge < -0.3 is 15.1 Å². The highest BCUT2D eigenvalue weighted by molar-refractivity contribution is 5.85. The van der Waals surface area contributed by atoms with Crippen molar-refractivity contribution in [2.75, 3.05) is 13.2 Å². The van der Waals surface area contributed by atoms with E-state index in [4.69, 9.17) is 0 Å². The van der Waals surface area contributed by atoms with Gasteiger partial charge in [0.25, 0.3) is 0 Å². The first-order valence-corrected chi connectivity index (χ1v) is 7.70. The van der Waals surface area contributed by atoms with Crippen LogP contribution in [0.4, 0.5) is 0 Å². The molecule has 2 N–H and O–H groups in total. The number of hydrogen-bond donors (Lipinski definition) is 2. The summed E-state index contributed by atoms with van der Waals surface area (Å²) in [6.07, 6.45) is 4.68. The van der Waals surface area contributed by atoms with Crippen LogP contribution >= 0.6 is 0 Å². The third-order valence-electron chi connectivity index (χ3n) is 4.41. The molecule has 1 fully saturated rings. The molecule has 0 aromatic rings. The highest BCUT2D eigenvalue weighted by Gasteiger charge is 2.38. The smallest absolute Gasteiger partial charge is 0.307 e. The Morgan fingerprint density at radius 1 is 1.15 bits per heavy atom. The first kappa shape index (κ1) is 17.0. The van der Waals surface area contributed by atoms with Gasteiger partial charge in [-0.1, -0.05) is 26.7 Å². The Morgan fingerprint density at radius 3 is 2.15 bits per heavy atom. The number of aliphatic hydroxyl groups excluding tert-OH is 1. The molecule has 1 amide bonds. The number of carboxylic acids is 1. The molecule has 1 aliphatic rings. The van der Waals surface area contributed by atoms with Crippen molar-refractivity contribution < 1.29 is 19.8 Å². The number of rotatable bonds is 7. The van der Waals surface area contributed by atoms with Gasteiger partial charge in [-0.15, -0.1) is 0 Å². The van der Waals surface area contributed by atoms with E-state index in [1.165, 1.54) is 0 Å². The molecule has 1 saturated carbocycles. The largest absolute Gasteiger partial charge is 0.481 e. The molecule has 0 bridgehead atoms. The first-order valence-electron chi connectivity index (χ1n) is 7.70. The Hall–Kier alpha value is -1.10. The van der Waals surface area contributed by atoms with Gasteiger partial charge >= 0.3 is 5.97 Å². The predicted molar refractivity (Wildman–Crippen MR) is 76.3 cm³/mol. The number of hydrogen-bond acceptors (Lipinski definition) is 3. The molecule has 0 spiro atoms. The average molecular weight is 285 g/mol. The molecule has 0 aromatic carbocycles. The van der Waals surface area contributed by atoms with Crippen LogP contribution in [-0.2, 0) is 9.59 Å². The molecule has 0 radical (unpaired) electrons. The lowest BCUT2D eigenvalue weighted by Crippen LogP contribution is -2.48. The predicted octanol–water partition coefficient (Wildman–Crippen LogP) is 1.89. The standard InChI is InChI=1S/C15H27NO4/c1-3-11(4-2)16(9-10-17)14(18)12-7-5-6-8-13(12)15(19)20/h11-13,17H,3-10H2,1-2H3,(H,19,20). The third-order valence-corrected chi connectivity index (χ3v) is 4.41. The topological polar surface area (TPSA) is 77.8 Å². The summed E-state index contributed by atoms with van der Waals surface area (Å²) in [6, 6.07) is 0.0889. The second-order valence-corrected chi connectivity index (χ2v) is 5.56. The van der Waals surface area contributed by atoms with Crippen LogP contribution in [0.1, 0.15) is 52.4 Å². The van der Waals surface area contributed by atoms with E-state index in [2.05, 4.69) is 0 Å². The highest BCUT2D eigenvalue weighted by Crippen LogP contribution is 2.32. The fourth-order valence-corrected chi connectivity index (χ4v) is 3.24. The summed E-state index contributed by atoms with van der Waals surface area (Å²) in [5.74, 6) is -1.93. The van der Waals surface area contributed by atoms with Crippen molar-refractivity contribution in [2.24, 2.45) is 11.8 Å². The maximum atomic E-state index is 12.7. The zero-order chi connectivity index (χ0) is 15.1. The van der Waals surface area contributed by atoms with Crippen molar-refractivity contribution in [2.45, 2.75) is 58.4 Å². The van der Waals surface area contributed by atoms with Crippen LogP contribution in [0.5, 0.6) is 0 Å². The van der Waals surface area contributed by atoms with Crippen LogP contribution in [0.2, 0.25) is 0 Å². The summed E-state index contributed by atoms with van der Waals surface area (Å²) in [6.45, 7) is 4.25. The number of carboxylic acid groups (broad SMARTS) is 1. The van der Waals surface area contributed by atoms with Crippen LogP contribution in [0.3, 0.4) is 0 Å². The molecule has 5 heteroatoms. The van der Waals surface area contributed by atoms with E-state index in [1.54, 1.807) is 4.90 Å². The van der Waals surface area contributed by atoms with E-state index in [9.17, 15) is 19.8 Å². The second kappa shape index (κ2) is 8.25. The Morgan fingerprint density at radius 2 is 1.70 bits per heavy atom. The fraction of sp³-hybridized carbons (Fsp3) is 0.867.